The van der Waals surface area contributed by atoms with Gasteiger partial charge in [0, 0.05) is 41.9 Å². The highest BCUT2D eigenvalue weighted by Crippen LogP contribution is 2.50. The van der Waals surface area contributed by atoms with Crippen molar-refractivity contribution in [3.8, 4) is 0 Å². The first-order chi connectivity index (χ1) is 10.4. The van der Waals surface area contributed by atoms with Gasteiger partial charge in [-0.05, 0) is 43.9 Å². The van der Waals surface area contributed by atoms with E-state index < -0.39 is 0 Å². The van der Waals surface area contributed by atoms with Crippen molar-refractivity contribution in [1.82, 2.24) is 9.88 Å². The van der Waals surface area contributed by atoms with Gasteiger partial charge < -0.3 is 15.0 Å². The molecule has 1 aromatic rings. The van der Waals surface area contributed by atoms with Gasteiger partial charge in [-0.15, -0.1) is 0 Å². The van der Waals surface area contributed by atoms with Crippen LogP contribution in [0.15, 0.2) is 29.6 Å². The van der Waals surface area contributed by atoms with Crippen molar-refractivity contribution in [3.63, 3.8) is 0 Å². The van der Waals surface area contributed by atoms with E-state index in [-0.39, 0.29) is 5.41 Å². The first-order valence-electron chi connectivity index (χ1n) is 8.54. The molecule has 0 saturated heterocycles. The number of aliphatic hydroxyl groups is 1. The zero-order chi connectivity index (χ0) is 16.1. The van der Waals surface area contributed by atoms with Crippen LogP contribution >= 0.6 is 0 Å². The van der Waals surface area contributed by atoms with Crippen molar-refractivity contribution in [3.05, 3.63) is 40.9 Å². The van der Waals surface area contributed by atoms with Crippen LogP contribution in [-0.2, 0) is 5.41 Å². The molecule has 1 aromatic heterocycles. The van der Waals surface area contributed by atoms with Gasteiger partial charge in [-0.1, -0.05) is 20.8 Å². The second kappa shape index (κ2) is 5.22. The lowest BCUT2D eigenvalue weighted by Crippen LogP contribution is -2.29. The fourth-order valence-electron chi connectivity index (χ4n) is 4.28. The number of aromatic amines is 1. The molecule has 22 heavy (non-hydrogen) atoms. The van der Waals surface area contributed by atoms with E-state index in [0.717, 1.165) is 25.1 Å². The summed E-state index contributed by atoms with van der Waals surface area (Å²) in [6.07, 6.45) is 6.12. The second-order valence-electron chi connectivity index (χ2n) is 7.13. The summed E-state index contributed by atoms with van der Waals surface area (Å²) in [5, 5.41) is 10.6. The highest BCUT2D eigenvalue weighted by molar-refractivity contribution is 5.68. The Balaban J connectivity index is 2.27. The zero-order valence-corrected chi connectivity index (χ0v) is 14.4. The molecule has 0 fully saturated rings. The maximum absolute atomic E-state index is 10.6. The third kappa shape index (κ3) is 1.94. The van der Waals surface area contributed by atoms with Crippen molar-refractivity contribution in [2.75, 3.05) is 6.54 Å². The number of nitrogens with one attached hydrogen (secondary N) is 1. The second-order valence-corrected chi connectivity index (χ2v) is 7.13. The molecule has 0 amide bonds. The van der Waals surface area contributed by atoms with Gasteiger partial charge >= 0.3 is 0 Å². The summed E-state index contributed by atoms with van der Waals surface area (Å²) in [6.45, 7) is 12.4. The Hall–Kier alpha value is -1.64. The Labute approximate surface area is 133 Å². The summed E-state index contributed by atoms with van der Waals surface area (Å²) in [5.41, 5.74) is 4.86. The average molecular weight is 300 g/mol. The molecule has 3 nitrogen and oxygen atoms in total. The molecule has 2 N–H and O–H groups in total. The SMILES string of the molecule is CC[C@@H]1CN(C(C)C)C2=C1C(C)(CC)c1cc[nH]c1C(O)=C2. The maximum Gasteiger partial charge on any atom is 0.141 e. The van der Waals surface area contributed by atoms with Crippen LogP contribution in [0.1, 0.15) is 58.7 Å². The Bertz CT molecular complexity index is 638. The van der Waals surface area contributed by atoms with Crippen LogP contribution in [0, 0.1) is 5.92 Å². The van der Waals surface area contributed by atoms with Crippen molar-refractivity contribution < 1.29 is 5.11 Å². The number of aliphatic hydroxyl groups excluding tert-OH is 1. The molecule has 120 valence electrons. The Morgan fingerprint density at radius 2 is 2.14 bits per heavy atom. The van der Waals surface area contributed by atoms with E-state index in [1.165, 1.54) is 16.8 Å². The monoisotopic (exact) mass is 300 g/mol. The maximum atomic E-state index is 10.6. The van der Waals surface area contributed by atoms with E-state index in [0.29, 0.717) is 17.7 Å². The first kappa shape index (κ1) is 15.3. The summed E-state index contributed by atoms with van der Waals surface area (Å²) in [4.78, 5) is 5.70. The van der Waals surface area contributed by atoms with E-state index >= 15 is 0 Å². The molecule has 0 spiro atoms. The number of allylic oxidation sites excluding steroid dienone is 1. The molecule has 1 unspecified atom stereocenters. The summed E-state index contributed by atoms with van der Waals surface area (Å²) < 4.78 is 0. The molecular weight excluding hydrogens is 272 g/mol. The lowest BCUT2D eigenvalue weighted by atomic mass is 9.69. The lowest BCUT2D eigenvalue weighted by molar-refractivity contribution is 0.289. The molecule has 1 aliphatic carbocycles. The minimum Gasteiger partial charge on any atom is -0.506 e. The highest BCUT2D eigenvalue weighted by atomic mass is 16.3. The molecule has 0 aromatic carbocycles. The van der Waals surface area contributed by atoms with Gasteiger partial charge in [0.2, 0.25) is 0 Å². The Morgan fingerprint density at radius 3 is 2.73 bits per heavy atom. The molecule has 2 heterocycles. The van der Waals surface area contributed by atoms with E-state index in [9.17, 15) is 5.11 Å². The van der Waals surface area contributed by atoms with Gasteiger partial charge in [-0.2, -0.15) is 0 Å². The Morgan fingerprint density at radius 1 is 1.41 bits per heavy atom. The van der Waals surface area contributed by atoms with Crippen molar-refractivity contribution in [2.24, 2.45) is 5.92 Å². The lowest BCUT2D eigenvalue weighted by Gasteiger charge is -2.33. The third-order valence-corrected chi connectivity index (χ3v) is 5.70. The van der Waals surface area contributed by atoms with Crippen LogP contribution in [0.3, 0.4) is 0 Å². The van der Waals surface area contributed by atoms with Crippen molar-refractivity contribution in [2.45, 2.75) is 58.9 Å². The topological polar surface area (TPSA) is 39.3 Å². The zero-order valence-electron chi connectivity index (χ0n) is 14.4. The molecule has 2 aliphatic rings. The number of fused-ring (bicyclic) bond motifs is 1. The number of H-pyrrole nitrogens is 1. The van der Waals surface area contributed by atoms with Crippen molar-refractivity contribution >= 4 is 5.76 Å². The quantitative estimate of drug-likeness (QED) is 0.856. The molecule has 0 saturated carbocycles. The van der Waals surface area contributed by atoms with Crippen LogP contribution in [-0.4, -0.2) is 27.6 Å². The minimum atomic E-state index is -0.0179. The molecular formula is C19H28N2O. The first-order valence-corrected chi connectivity index (χ1v) is 8.54. The molecule has 1 aliphatic heterocycles. The standard InChI is InChI=1S/C19H28N2O/c1-6-13-11-21(12(3)4)15-10-16(22)18-14(8-9-20-18)19(5,7-2)17(13)15/h8-10,12-13,20,22H,6-7,11H2,1-5H3/t13-,19?/m1/s1. The van der Waals surface area contributed by atoms with Crippen molar-refractivity contribution in [1.29, 1.82) is 0 Å². The smallest absolute Gasteiger partial charge is 0.141 e. The summed E-state index contributed by atoms with van der Waals surface area (Å²) in [7, 11) is 0. The molecule has 0 radical (unpaired) electrons. The van der Waals surface area contributed by atoms with E-state index in [4.69, 9.17) is 0 Å². The summed E-state index contributed by atoms with van der Waals surface area (Å²) >= 11 is 0. The average Bonchev–Trinajstić information content (AvgIpc) is 3.09. The number of hydrogen-bond acceptors (Lipinski definition) is 2. The van der Waals surface area contributed by atoms with Crippen LogP contribution in [0.5, 0.6) is 0 Å². The van der Waals surface area contributed by atoms with Gasteiger partial charge in [0.15, 0.2) is 0 Å². The highest BCUT2D eigenvalue weighted by Gasteiger charge is 2.44. The van der Waals surface area contributed by atoms with Crippen LogP contribution in [0.4, 0.5) is 0 Å². The summed E-state index contributed by atoms with van der Waals surface area (Å²) in [6, 6.07) is 2.59. The normalized spacial score (nSPS) is 27.8. The minimum absolute atomic E-state index is 0.0179. The largest absolute Gasteiger partial charge is 0.506 e. The fraction of sp³-hybridized carbons (Fsp3) is 0.579. The third-order valence-electron chi connectivity index (χ3n) is 5.70. The van der Waals surface area contributed by atoms with Gasteiger partial charge in [-0.25, -0.2) is 0 Å². The number of aromatic nitrogens is 1. The van der Waals surface area contributed by atoms with E-state index in [1.807, 2.05) is 12.3 Å². The fourth-order valence-corrected chi connectivity index (χ4v) is 4.28. The summed E-state index contributed by atoms with van der Waals surface area (Å²) in [5.74, 6) is 0.930. The van der Waals surface area contributed by atoms with Gasteiger partial charge in [0.25, 0.3) is 0 Å². The van der Waals surface area contributed by atoms with E-state index in [2.05, 4.69) is 50.6 Å². The molecule has 3 heteroatoms. The number of hydrogen-bond donors (Lipinski definition) is 2. The Kier molecular flexibility index (Phi) is 3.62. The number of rotatable bonds is 3. The van der Waals surface area contributed by atoms with Gasteiger partial charge in [-0.3, -0.25) is 0 Å². The predicted molar refractivity (Wildman–Crippen MR) is 91.7 cm³/mol. The number of nitrogens with zero attached hydrogens (tertiary/aromatic N) is 1. The van der Waals surface area contributed by atoms with Gasteiger partial charge in [0.05, 0.1) is 5.69 Å². The predicted octanol–water partition coefficient (Wildman–Crippen LogP) is 4.60. The molecule has 3 rings (SSSR count). The van der Waals surface area contributed by atoms with Crippen LogP contribution in [0.2, 0.25) is 0 Å². The van der Waals surface area contributed by atoms with Crippen LogP contribution < -0.4 is 0 Å². The molecule has 2 atom stereocenters. The van der Waals surface area contributed by atoms with Crippen LogP contribution in [0.25, 0.3) is 5.76 Å². The van der Waals surface area contributed by atoms with Gasteiger partial charge in [0.1, 0.15) is 5.76 Å². The molecule has 0 bridgehead atoms. The van der Waals surface area contributed by atoms with E-state index in [1.54, 1.807) is 0 Å².